The Balaban J connectivity index is 1.48. The first kappa shape index (κ1) is 22.4. The van der Waals surface area contributed by atoms with Gasteiger partial charge in [0.1, 0.15) is 5.82 Å². The van der Waals surface area contributed by atoms with Crippen molar-refractivity contribution in [1.82, 2.24) is 19.7 Å². The van der Waals surface area contributed by atoms with Gasteiger partial charge in [0.25, 0.3) is 11.2 Å². The highest BCUT2D eigenvalue weighted by atomic mass is 32.2. The summed E-state index contributed by atoms with van der Waals surface area (Å²) in [5.41, 5.74) is 1.54. The van der Waals surface area contributed by atoms with Crippen molar-refractivity contribution in [2.45, 2.75) is 17.8 Å². The lowest BCUT2D eigenvalue weighted by Crippen LogP contribution is -2.22. The molecule has 11 heteroatoms. The molecule has 5 rings (SSSR count). The fourth-order valence-corrected chi connectivity index (χ4v) is 4.30. The molecule has 0 unspecified atom stereocenters. The summed E-state index contributed by atoms with van der Waals surface area (Å²) in [6.45, 7) is 1.65. The number of non-ortho nitro benzene ring substituents is 1. The number of aromatic nitrogens is 4. The molecule has 0 aliphatic carbocycles. The van der Waals surface area contributed by atoms with E-state index in [0.717, 1.165) is 0 Å². The molecule has 0 spiro atoms. The number of para-hydroxylation sites is 1. The van der Waals surface area contributed by atoms with E-state index in [2.05, 4.69) is 15.1 Å². The third-order valence-electron chi connectivity index (χ3n) is 5.29. The molecule has 3 aromatic carbocycles. The molecule has 2 heterocycles. The van der Waals surface area contributed by atoms with Crippen LogP contribution in [0.15, 0.2) is 81.2 Å². The zero-order valence-corrected chi connectivity index (χ0v) is 19.0. The molecule has 0 saturated heterocycles. The fourth-order valence-electron chi connectivity index (χ4n) is 3.45. The van der Waals surface area contributed by atoms with Gasteiger partial charge in [0, 0.05) is 17.7 Å². The Labute approximate surface area is 201 Å². The Morgan fingerprint density at radius 2 is 1.86 bits per heavy atom. The van der Waals surface area contributed by atoms with E-state index in [0.29, 0.717) is 32.9 Å². The van der Waals surface area contributed by atoms with Crippen LogP contribution in [-0.2, 0) is 5.75 Å². The summed E-state index contributed by atoms with van der Waals surface area (Å²) < 4.78 is 21.0. The number of nitrogens with zero attached hydrogens (tertiary/aromatic N) is 5. The lowest BCUT2D eigenvalue weighted by atomic mass is 10.2. The number of hydrogen-bond donors (Lipinski definition) is 0. The van der Waals surface area contributed by atoms with Crippen molar-refractivity contribution in [2.75, 3.05) is 0 Å². The maximum absolute atomic E-state index is 14.3. The van der Waals surface area contributed by atoms with Gasteiger partial charge in [-0.05, 0) is 48.9 Å². The molecule has 0 amide bonds. The lowest BCUT2D eigenvalue weighted by molar-refractivity contribution is -0.384. The van der Waals surface area contributed by atoms with Gasteiger partial charge in [0.05, 0.1) is 27.3 Å². The number of nitro groups is 1. The number of aryl methyl sites for hydroxylation is 1. The van der Waals surface area contributed by atoms with E-state index in [9.17, 15) is 19.3 Å². The van der Waals surface area contributed by atoms with E-state index in [-0.39, 0.29) is 28.7 Å². The number of fused-ring (bicyclic) bond motifs is 1. The molecule has 0 bridgehead atoms. The topological polar surface area (TPSA) is 117 Å². The largest absolute Gasteiger partial charge is 0.338 e. The van der Waals surface area contributed by atoms with Crippen LogP contribution in [0.5, 0.6) is 0 Å². The van der Waals surface area contributed by atoms with Crippen LogP contribution in [0.4, 0.5) is 10.1 Å². The molecule has 0 fully saturated rings. The van der Waals surface area contributed by atoms with Crippen LogP contribution in [0.25, 0.3) is 28.0 Å². The van der Waals surface area contributed by atoms with E-state index in [1.807, 2.05) is 0 Å². The molecule has 0 radical (unpaired) electrons. The quantitative estimate of drug-likeness (QED) is 0.140. The summed E-state index contributed by atoms with van der Waals surface area (Å²) in [6, 6.07) is 17.3. The molecule has 5 aromatic rings. The van der Waals surface area contributed by atoms with Crippen LogP contribution in [0.3, 0.4) is 0 Å². The van der Waals surface area contributed by atoms with Gasteiger partial charge in [0.2, 0.25) is 11.7 Å². The number of thioether (sulfide) groups is 1. The van der Waals surface area contributed by atoms with Crippen molar-refractivity contribution < 1.29 is 13.8 Å². The van der Waals surface area contributed by atoms with Crippen molar-refractivity contribution >= 4 is 28.4 Å². The first-order valence-electron chi connectivity index (χ1n) is 10.4. The number of benzene rings is 3. The molecule has 0 saturated carbocycles. The van der Waals surface area contributed by atoms with Gasteiger partial charge in [-0.3, -0.25) is 19.5 Å². The normalized spacial score (nSPS) is 11.1. The molecular formula is C24H16FN5O4S. The third-order valence-corrected chi connectivity index (χ3v) is 6.21. The molecule has 0 N–H and O–H groups in total. The minimum atomic E-state index is -0.488. The predicted molar refractivity (Wildman–Crippen MR) is 128 cm³/mol. The number of hydrogen-bond acceptors (Lipinski definition) is 8. The SMILES string of the molecule is Cc1ccc(-n2c(SCc3nc(-c4ccc([N+](=O)[O-])cc4)no3)nc3ccccc3c2=O)cc1F. The molecule has 0 atom stereocenters. The van der Waals surface area contributed by atoms with Crippen molar-refractivity contribution in [1.29, 1.82) is 0 Å². The van der Waals surface area contributed by atoms with Crippen LogP contribution in [0.2, 0.25) is 0 Å². The number of halogens is 1. The molecular weight excluding hydrogens is 473 g/mol. The van der Waals surface area contributed by atoms with Gasteiger partial charge in [0.15, 0.2) is 5.16 Å². The van der Waals surface area contributed by atoms with Crippen molar-refractivity contribution in [3.63, 3.8) is 0 Å². The average molecular weight is 489 g/mol. The van der Waals surface area contributed by atoms with Gasteiger partial charge in [-0.25, -0.2) is 9.37 Å². The molecule has 35 heavy (non-hydrogen) atoms. The summed E-state index contributed by atoms with van der Waals surface area (Å²) in [5, 5.41) is 15.5. The predicted octanol–water partition coefficient (Wildman–Crippen LogP) is 5.08. The van der Waals surface area contributed by atoms with Gasteiger partial charge in [-0.15, -0.1) is 0 Å². The van der Waals surface area contributed by atoms with Crippen LogP contribution >= 0.6 is 11.8 Å². The number of rotatable bonds is 6. The van der Waals surface area contributed by atoms with Gasteiger partial charge < -0.3 is 4.52 Å². The standard InChI is InChI=1S/C24H16FN5O4S/c1-14-6-9-17(12-19(14)25)29-23(31)18-4-2-3-5-20(18)26-24(29)35-13-21-27-22(28-34-21)15-7-10-16(11-8-15)30(32)33/h2-12H,13H2,1H3. The van der Waals surface area contributed by atoms with Crippen molar-refractivity contribution in [3.05, 3.63) is 104 Å². The Hall–Kier alpha value is -4.38. The maximum Gasteiger partial charge on any atom is 0.269 e. The van der Waals surface area contributed by atoms with Gasteiger partial charge in [-0.1, -0.05) is 35.1 Å². The van der Waals surface area contributed by atoms with Crippen LogP contribution in [-0.4, -0.2) is 24.6 Å². The monoisotopic (exact) mass is 489 g/mol. The third kappa shape index (κ3) is 4.41. The second-order valence-electron chi connectivity index (χ2n) is 7.59. The minimum absolute atomic E-state index is 0.0408. The van der Waals surface area contributed by atoms with Gasteiger partial charge in [-0.2, -0.15) is 4.98 Å². The summed E-state index contributed by atoms with van der Waals surface area (Å²) in [4.78, 5) is 32.6. The van der Waals surface area contributed by atoms with E-state index < -0.39 is 10.7 Å². The van der Waals surface area contributed by atoms with E-state index in [1.165, 1.54) is 46.7 Å². The zero-order chi connectivity index (χ0) is 24.5. The Morgan fingerprint density at radius 1 is 1.09 bits per heavy atom. The highest BCUT2D eigenvalue weighted by molar-refractivity contribution is 7.98. The smallest absolute Gasteiger partial charge is 0.269 e. The molecule has 2 aromatic heterocycles. The summed E-state index contributed by atoms with van der Waals surface area (Å²) in [6.07, 6.45) is 0. The first-order chi connectivity index (χ1) is 16.9. The molecule has 0 aliphatic heterocycles. The van der Waals surface area contributed by atoms with Crippen molar-refractivity contribution in [2.24, 2.45) is 0 Å². The Bertz CT molecular complexity index is 1630. The average Bonchev–Trinajstić information content (AvgIpc) is 3.34. The highest BCUT2D eigenvalue weighted by Gasteiger charge is 2.17. The minimum Gasteiger partial charge on any atom is -0.338 e. The fraction of sp³-hybridized carbons (Fsp3) is 0.0833. The molecule has 0 aliphatic rings. The maximum atomic E-state index is 14.3. The van der Waals surface area contributed by atoms with Gasteiger partial charge >= 0.3 is 0 Å². The van der Waals surface area contributed by atoms with Crippen LogP contribution in [0.1, 0.15) is 11.5 Å². The Kier molecular flexibility index (Phi) is 5.83. The van der Waals surface area contributed by atoms with Crippen molar-refractivity contribution in [3.8, 4) is 17.1 Å². The second-order valence-corrected chi connectivity index (χ2v) is 8.53. The second kappa shape index (κ2) is 9.11. The van der Waals surface area contributed by atoms with E-state index >= 15 is 0 Å². The van der Waals surface area contributed by atoms with E-state index in [4.69, 9.17) is 4.52 Å². The summed E-state index contributed by atoms with van der Waals surface area (Å²) in [7, 11) is 0. The van der Waals surface area contributed by atoms with Crippen LogP contribution in [0, 0.1) is 22.9 Å². The molecule has 9 nitrogen and oxygen atoms in total. The summed E-state index contributed by atoms with van der Waals surface area (Å²) >= 11 is 1.19. The van der Waals surface area contributed by atoms with Crippen LogP contribution < -0.4 is 5.56 Å². The highest BCUT2D eigenvalue weighted by Crippen LogP contribution is 2.26. The Morgan fingerprint density at radius 3 is 2.60 bits per heavy atom. The molecule has 174 valence electrons. The van der Waals surface area contributed by atoms with E-state index in [1.54, 1.807) is 43.3 Å². The first-order valence-corrected chi connectivity index (χ1v) is 11.4. The summed E-state index contributed by atoms with van der Waals surface area (Å²) in [5.74, 6) is 0.314. The lowest BCUT2D eigenvalue weighted by Gasteiger charge is -2.13. The number of nitro benzene ring substituents is 1. The zero-order valence-electron chi connectivity index (χ0n) is 18.2.